The highest BCUT2D eigenvalue weighted by atomic mass is 15.0. The largest absolute Gasteiger partial charge is 0.309 e. The third-order valence-electron chi connectivity index (χ3n) is 10.7. The normalized spacial score (nSPS) is 12.1. The van der Waals surface area contributed by atoms with E-state index in [-0.39, 0.29) is 6.71 Å². The standard InChI is InChI=1S/C50H34BN/c1-3-11-37(12-4-1)39-25-31-49-45(33-39)46-34-40(38-13-5-2-6-14-38)26-32-50(46)52(49)42-29-23-36(24-30-42)20-19-35-21-27-41(28-22-35)51-47-17-9-7-15-43(47)44-16-8-10-18-48(44)51/h1-34H. The van der Waals surface area contributed by atoms with Crippen LogP contribution in [0.4, 0.5) is 0 Å². The predicted molar refractivity (Wildman–Crippen MR) is 224 cm³/mol. The number of benzene rings is 8. The molecule has 10 rings (SSSR count). The molecule has 2 heterocycles. The Morgan fingerprint density at radius 3 is 1.31 bits per heavy atom. The van der Waals surface area contributed by atoms with Gasteiger partial charge in [0, 0.05) is 16.5 Å². The number of fused-ring (bicyclic) bond motifs is 6. The molecule has 0 unspecified atom stereocenters. The molecule has 0 saturated carbocycles. The van der Waals surface area contributed by atoms with Crippen LogP contribution in [0.15, 0.2) is 194 Å². The van der Waals surface area contributed by atoms with E-state index in [1.54, 1.807) is 0 Å². The Labute approximate surface area is 304 Å². The first-order valence-electron chi connectivity index (χ1n) is 18.0. The van der Waals surface area contributed by atoms with Gasteiger partial charge in [0.15, 0.2) is 0 Å². The first-order valence-corrected chi connectivity index (χ1v) is 18.0. The van der Waals surface area contributed by atoms with Crippen molar-refractivity contribution in [2.24, 2.45) is 0 Å². The Bertz CT molecular complexity index is 2610. The van der Waals surface area contributed by atoms with Crippen molar-refractivity contribution in [2.75, 3.05) is 0 Å². The van der Waals surface area contributed by atoms with Crippen LogP contribution in [0.3, 0.4) is 0 Å². The van der Waals surface area contributed by atoms with Gasteiger partial charge in [-0.15, -0.1) is 0 Å². The summed E-state index contributed by atoms with van der Waals surface area (Å²) in [6.07, 6.45) is 4.43. The second-order valence-electron chi connectivity index (χ2n) is 13.7. The Morgan fingerprint density at radius 2 is 0.808 bits per heavy atom. The van der Waals surface area contributed by atoms with Crippen molar-refractivity contribution in [2.45, 2.75) is 0 Å². The van der Waals surface area contributed by atoms with Crippen LogP contribution in [-0.4, -0.2) is 11.3 Å². The summed E-state index contributed by atoms with van der Waals surface area (Å²) in [4.78, 5) is 0. The molecule has 2 heteroatoms. The van der Waals surface area contributed by atoms with E-state index in [9.17, 15) is 0 Å². The van der Waals surface area contributed by atoms with E-state index < -0.39 is 0 Å². The summed E-state index contributed by atoms with van der Waals surface area (Å²) in [5, 5.41) is 2.51. The molecule has 0 bridgehead atoms. The summed E-state index contributed by atoms with van der Waals surface area (Å²) in [5.74, 6) is 0. The molecule has 8 aromatic carbocycles. The lowest BCUT2D eigenvalue weighted by Crippen LogP contribution is -2.48. The van der Waals surface area contributed by atoms with Crippen molar-refractivity contribution in [3.8, 4) is 39.1 Å². The van der Waals surface area contributed by atoms with E-state index in [0.717, 1.165) is 5.69 Å². The maximum absolute atomic E-state index is 2.40. The van der Waals surface area contributed by atoms with E-state index in [4.69, 9.17) is 0 Å². The van der Waals surface area contributed by atoms with Gasteiger partial charge in [0.2, 0.25) is 6.71 Å². The molecule has 242 valence electrons. The van der Waals surface area contributed by atoms with Crippen LogP contribution in [0.2, 0.25) is 0 Å². The van der Waals surface area contributed by atoms with Crippen LogP contribution >= 0.6 is 0 Å². The summed E-state index contributed by atoms with van der Waals surface area (Å²) in [5.41, 5.74) is 17.6. The van der Waals surface area contributed by atoms with Gasteiger partial charge in [-0.25, -0.2) is 0 Å². The van der Waals surface area contributed by atoms with Gasteiger partial charge >= 0.3 is 0 Å². The van der Waals surface area contributed by atoms with Gasteiger partial charge < -0.3 is 4.57 Å². The number of hydrogen-bond acceptors (Lipinski definition) is 0. The predicted octanol–water partition coefficient (Wildman–Crippen LogP) is 10.8. The highest BCUT2D eigenvalue weighted by Gasteiger charge is 2.32. The molecule has 9 aromatic rings. The molecule has 52 heavy (non-hydrogen) atoms. The van der Waals surface area contributed by atoms with Crippen molar-refractivity contribution in [3.05, 3.63) is 205 Å². The van der Waals surface area contributed by atoms with Gasteiger partial charge in [-0.2, -0.15) is 0 Å². The molecule has 1 aromatic heterocycles. The third-order valence-corrected chi connectivity index (χ3v) is 10.7. The maximum Gasteiger partial charge on any atom is 0.242 e. The molecule has 0 N–H and O–H groups in total. The highest BCUT2D eigenvalue weighted by Crippen LogP contribution is 2.37. The fraction of sp³-hybridized carbons (Fsp3) is 0. The molecule has 0 radical (unpaired) electrons. The van der Waals surface area contributed by atoms with Crippen LogP contribution < -0.4 is 16.4 Å². The van der Waals surface area contributed by atoms with Crippen molar-refractivity contribution in [1.82, 2.24) is 4.57 Å². The number of aromatic nitrogens is 1. The zero-order chi connectivity index (χ0) is 34.4. The molecule has 0 atom stereocenters. The maximum atomic E-state index is 2.40. The summed E-state index contributed by atoms with van der Waals surface area (Å²) < 4.78 is 2.40. The lowest BCUT2D eigenvalue weighted by molar-refractivity contribution is 1.18. The van der Waals surface area contributed by atoms with Gasteiger partial charge in [0.25, 0.3) is 0 Å². The Balaban J connectivity index is 0.971. The van der Waals surface area contributed by atoms with Crippen molar-refractivity contribution in [1.29, 1.82) is 0 Å². The fourth-order valence-corrected chi connectivity index (χ4v) is 8.16. The second-order valence-corrected chi connectivity index (χ2v) is 13.7. The van der Waals surface area contributed by atoms with E-state index in [2.05, 4.69) is 211 Å². The molecule has 1 aliphatic rings. The summed E-state index contributed by atoms with van der Waals surface area (Å²) in [7, 11) is 0. The number of rotatable bonds is 6. The van der Waals surface area contributed by atoms with Gasteiger partial charge in [-0.3, -0.25) is 0 Å². The van der Waals surface area contributed by atoms with E-state index in [0.29, 0.717) is 0 Å². The number of nitrogens with zero attached hydrogens (tertiary/aromatic N) is 1. The summed E-state index contributed by atoms with van der Waals surface area (Å²) >= 11 is 0. The lowest BCUT2D eigenvalue weighted by atomic mass is 9.39. The van der Waals surface area contributed by atoms with E-state index in [1.807, 2.05) is 0 Å². The SMILES string of the molecule is C(=Cc1ccc(-n2c3ccc(-c4ccccc4)cc3c3cc(-c4ccccc4)ccc32)cc1)c1ccc(B2c3ccccc3-c3ccccc32)cc1. The molecular weight excluding hydrogens is 625 g/mol. The minimum Gasteiger partial charge on any atom is -0.309 e. The summed E-state index contributed by atoms with van der Waals surface area (Å²) in [6.45, 7) is 0.272. The van der Waals surface area contributed by atoms with Gasteiger partial charge in [-0.1, -0.05) is 186 Å². The molecule has 0 saturated heterocycles. The van der Waals surface area contributed by atoms with Crippen LogP contribution in [0.5, 0.6) is 0 Å². The van der Waals surface area contributed by atoms with Crippen molar-refractivity contribution >= 4 is 57.1 Å². The lowest BCUT2D eigenvalue weighted by Gasteiger charge is -2.11. The molecule has 0 spiro atoms. The Morgan fingerprint density at radius 1 is 0.365 bits per heavy atom. The van der Waals surface area contributed by atoms with Crippen molar-refractivity contribution in [3.63, 3.8) is 0 Å². The smallest absolute Gasteiger partial charge is 0.242 e. The molecule has 0 aliphatic carbocycles. The van der Waals surface area contributed by atoms with Crippen LogP contribution in [0.25, 0.3) is 73.0 Å². The fourth-order valence-electron chi connectivity index (χ4n) is 8.16. The first-order chi connectivity index (χ1) is 25.8. The summed E-state index contributed by atoms with van der Waals surface area (Å²) in [6, 6.07) is 70.7. The molecule has 0 amide bonds. The average molecular weight is 660 g/mol. The quantitative estimate of drug-likeness (QED) is 0.124. The van der Waals surface area contributed by atoms with E-state index in [1.165, 1.54) is 82.7 Å². The topological polar surface area (TPSA) is 4.93 Å². The highest BCUT2D eigenvalue weighted by molar-refractivity contribution is 6.99. The van der Waals surface area contributed by atoms with Crippen molar-refractivity contribution < 1.29 is 0 Å². The van der Waals surface area contributed by atoms with Gasteiger partial charge in [-0.05, 0) is 80.9 Å². The monoisotopic (exact) mass is 659 g/mol. The van der Waals surface area contributed by atoms with E-state index >= 15 is 0 Å². The van der Waals surface area contributed by atoms with Crippen LogP contribution in [0.1, 0.15) is 11.1 Å². The zero-order valence-corrected chi connectivity index (χ0v) is 28.7. The first kappa shape index (κ1) is 30.2. The van der Waals surface area contributed by atoms with Gasteiger partial charge in [0.1, 0.15) is 0 Å². The third kappa shape index (κ3) is 5.20. The zero-order valence-electron chi connectivity index (χ0n) is 28.7. The van der Waals surface area contributed by atoms with Gasteiger partial charge in [0.05, 0.1) is 11.0 Å². The minimum absolute atomic E-state index is 0.272. The minimum atomic E-state index is 0.272. The average Bonchev–Trinajstić information content (AvgIpc) is 3.73. The molecule has 1 nitrogen and oxygen atoms in total. The number of hydrogen-bond donors (Lipinski definition) is 0. The Kier molecular flexibility index (Phi) is 7.32. The van der Waals surface area contributed by atoms with Crippen LogP contribution in [-0.2, 0) is 0 Å². The molecule has 0 fully saturated rings. The molecule has 1 aliphatic heterocycles. The van der Waals surface area contributed by atoms with Crippen LogP contribution in [0, 0.1) is 0 Å². The molecular formula is C50H34BN. The second kappa shape index (κ2) is 12.6. The Hall–Kier alpha value is -6.64.